The van der Waals surface area contributed by atoms with Crippen molar-refractivity contribution >= 4 is 28.3 Å². The molecule has 1 fully saturated rings. The monoisotopic (exact) mass is 402 g/mol. The maximum atomic E-state index is 13.8. The Morgan fingerprint density at radius 1 is 1.21 bits per heavy atom. The summed E-state index contributed by atoms with van der Waals surface area (Å²) in [5.41, 5.74) is 4.08. The summed E-state index contributed by atoms with van der Waals surface area (Å²) in [5.74, 6) is 0.0709. The third-order valence-electron chi connectivity index (χ3n) is 5.42. The van der Waals surface area contributed by atoms with Gasteiger partial charge < -0.3 is 4.90 Å². The lowest BCUT2D eigenvalue weighted by Gasteiger charge is -2.22. The van der Waals surface area contributed by atoms with Gasteiger partial charge in [-0.1, -0.05) is 36.4 Å². The summed E-state index contributed by atoms with van der Waals surface area (Å²) in [7, 11) is 1.88. The van der Waals surface area contributed by atoms with Crippen LogP contribution in [0, 0.1) is 6.92 Å². The Morgan fingerprint density at radius 3 is 2.69 bits per heavy atom. The average molecular weight is 403 g/mol. The number of hydrogen-bond donors (Lipinski definition) is 0. The van der Waals surface area contributed by atoms with Crippen LogP contribution in [0.25, 0.3) is 22.3 Å². The van der Waals surface area contributed by atoms with Crippen molar-refractivity contribution in [2.45, 2.75) is 32.4 Å². The Bertz CT molecular complexity index is 1180. The number of amides is 1. The van der Waals surface area contributed by atoms with Gasteiger partial charge in [0.25, 0.3) is 5.91 Å². The zero-order chi connectivity index (χ0) is 20.0. The molecule has 5 rings (SSSR count). The first kappa shape index (κ1) is 18.1. The van der Waals surface area contributed by atoms with E-state index in [1.807, 2.05) is 61.3 Å². The van der Waals surface area contributed by atoms with Gasteiger partial charge in [0.2, 0.25) is 0 Å². The molecule has 1 aromatic carbocycles. The van der Waals surface area contributed by atoms with Gasteiger partial charge in [0, 0.05) is 23.5 Å². The van der Waals surface area contributed by atoms with Gasteiger partial charge in [0.1, 0.15) is 0 Å². The van der Waals surface area contributed by atoms with E-state index < -0.39 is 0 Å². The number of hydrogen-bond acceptors (Lipinski definition) is 4. The van der Waals surface area contributed by atoms with Crippen molar-refractivity contribution in [3.63, 3.8) is 0 Å². The number of benzene rings is 1. The molecule has 0 unspecified atom stereocenters. The van der Waals surface area contributed by atoms with Crippen LogP contribution in [-0.4, -0.2) is 31.6 Å². The van der Waals surface area contributed by atoms with Crippen molar-refractivity contribution in [3.05, 3.63) is 70.0 Å². The summed E-state index contributed by atoms with van der Waals surface area (Å²) < 4.78 is 1.77. The normalized spacial score (nSPS) is 13.7. The Kier molecular flexibility index (Phi) is 4.43. The average Bonchev–Trinajstić information content (AvgIpc) is 3.37. The third kappa shape index (κ3) is 3.34. The van der Waals surface area contributed by atoms with Gasteiger partial charge in [-0.25, -0.2) is 4.98 Å². The number of aromatic nitrogens is 3. The van der Waals surface area contributed by atoms with Crippen molar-refractivity contribution < 1.29 is 4.79 Å². The maximum Gasteiger partial charge on any atom is 0.255 e. The fourth-order valence-electron chi connectivity index (χ4n) is 3.85. The van der Waals surface area contributed by atoms with Crippen LogP contribution in [0.5, 0.6) is 0 Å². The number of rotatable bonds is 5. The van der Waals surface area contributed by atoms with E-state index in [2.05, 4.69) is 16.5 Å². The van der Waals surface area contributed by atoms with Crippen LogP contribution in [-0.2, 0) is 13.6 Å². The lowest BCUT2D eigenvalue weighted by molar-refractivity contribution is 0.0733. The highest BCUT2D eigenvalue weighted by molar-refractivity contribution is 7.09. The smallest absolute Gasteiger partial charge is 0.255 e. The van der Waals surface area contributed by atoms with Crippen LogP contribution < -0.4 is 0 Å². The van der Waals surface area contributed by atoms with E-state index in [-0.39, 0.29) is 5.91 Å². The van der Waals surface area contributed by atoms with Gasteiger partial charge >= 0.3 is 0 Å². The first-order valence-electron chi connectivity index (χ1n) is 9.85. The minimum absolute atomic E-state index is 0.0709. The SMILES string of the molecule is Cc1nn(C)c2nc(-c3ccccc3)cc(C(=O)N(Cc3cccs3)C3CC3)c12. The maximum absolute atomic E-state index is 13.8. The minimum atomic E-state index is 0.0709. The molecule has 1 aliphatic rings. The highest BCUT2D eigenvalue weighted by Gasteiger charge is 2.34. The van der Waals surface area contributed by atoms with Gasteiger partial charge in [-0.15, -0.1) is 11.3 Å². The lowest BCUT2D eigenvalue weighted by Crippen LogP contribution is -2.32. The molecule has 146 valence electrons. The highest BCUT2D eigenvalue weighted by Crippen LogP contribution is 2.33. The molecular formula is C23H22N4OS. The number of thiophene rings is 1. The van der Waals surface area contributed by atoms with E-state index in [9.17, 15) is 4.79 Å². The van der Waals surface area contributed by atoms with Gasteiger partial charge in [0.15, 0.2) is 5.65 Å². The Morgan fingerprint density at radius 2 is 2.00 bits per heavy atom. The molecule has 0 spiro atoms. The minimum Gasteiger partial charge on any atom is -0.330 e. The molecule has 29 heavy (non-hydrogen) atoms. The number of aryl methyl sites for hydroxylation is 2. The van der Waals surface area contributed by atoms with E-state index in [1.54, 1.807) is 16.0 Å². The van der Waals surface area contributed by atoms with Crippen LogP contribution in [0.1, 0.15) is 33.8 Å². The third-order valence-corrected chi connectivity index (χ3v) is 6.28. The number of nitrogens with zero attached hydrogens (tertiary/aromatic N) is 4. The van der Waals surface area contributed by atoms with Crippen LogP contribution >= 0.6 is 11.3 Å². The molecule has 0 bridgehead atoms. The molecule has 1 aliphatic carbocycles. The number of pyridine rings is 1. The standard InChI is InChI=1S/C23H22N4OS/c1-15-21-19(23(28)27(17-10-11-17)14-18-9-6-12-29-18)13-20(16-7-4-3-5-8-16)24-22(21)26(2)25-15/h3-9,12-13,17H,10-11,14H2,1-2H3. The van der Waals surface area contributed by atoms with Crippen LogP contribution in [0.2, 0.25) is 0 Å². The quantitative estimate of drug-likeness (QED) is 0.481. The molecule has 3 aromatic heterocycles. The summed E-state index contributed by atoms with van der Waals surface area (Å²) in [6.07, 6.45) is 2.14. The summed E-state index contributed by atoms with van der Waals surface area (Å²) in [5, 5.41) is 7.47. The second kappa shape index (κ2) is 7.12. The van der Waals surface area contributed by atoms with Crippen molar-refractivity contribution in [3.8, 4) is 11.3 Å². The Balaban J connectivity index is 1.65. The largest absolute Gasteiger partial charge is 0.330 e. The second-order valence-corrected chi connectivity index (χ2v) is 8.60. The molecule has 1 amide bonds. The van der Waals surface area contributed by atoms with Crippen LogP contribution in [0.15, 0.2) is 53.9 Å². The molecule has 0 saturated heterocycles. The van der Waals surface area contributed by atoms with Crippen LogP contribution in [0.3, 0.4) is 0 Å². The number of carbonyl (C=O) groups is 1. The molecular weight excluding hydrogens is 380 g/mol. The predicted molar refractivity (Wildman–Crippen MR) is 116 cm³/mol. The fraction of sp³-hybridized carbons (Fsp3) is 0.261. The number of fused-ring (bicyclic) bond motifs is 1. The van der Waals surface area contributed by atoms with E-state index in [0.29, 0.717) is 18.2 Å². The molecule has 0 N–H and O–H groups in total. The fourth-order valence-corrected chi connectivity index (χ4v) is 4.55. The molecule has 1 saturated carbocycles. The second-order valence-electron chi connectivity index (χ2n) is 7.57. The van der Waals surface area contributed by atoms with E-state index >= 15 is 0 Å². The van der Waals surface area contributed by atoms with Crippen molar-refractivity contribution in [1.82, 2.24) is 19.7 Å². The van der Waals surface area contributed by atoms with E-state index in [1.165, 1.54) is 4.88 Å². The van der Waals surface area contributed by atoms with E-state index in [4.69, 9.17) is 4.98 Å². The first-order chi connectivity index (χ1) is 14.1. The molecule has 0 aliphatic heterocycles. The van der Waals surface area contributed by atoms with Gasteiger partial charge in [0.05, 0.1) is 28.9 Å². The highest BCUT2D eigenvalue weighted by atomic mass is 32.1. The van der Waals surface area contributed by atoms with Crippen molar-refractivity contribution in [2.75, 3.05) is 0 Å². The number of carbonyl (C=O) groups excluding carboxylic acids is 1. The molecule has 0 atom stereocenters. The first-order valence-corrected chi connectivity index (χ1v) is 10.7. The Labute approximate surface area is 173 Å². The van der Waals surface area contributed by atoms with Crippen molar-refractivity contribution in [1.29, 1.82) is 0 Å². The summed E-state index contributed by atoms with van der Waals surface area (Å²) in [6.45, 7) is 2.61. The summed E-state index contributed by atoms with van der Waals surface area (Å²) in [4.78, 5) is 21.9. The van der Waals surface area contributed by atoms with Gasteiger partial charge in [-0.05, 0) is 37.3 Å². The Hall–Kier alpha value is -2.99. The zero-order valence-electron chi connectivity index (χ0n) is 16.5. The molecule has 3 heterocycles. The molecule has 6 heteroatoms. The van der Waals surface area contributed by atoms with Gasteiger partial charge in [-0.3, -0.25) is 9.48 Å². The molecule has 4 aromatic rings. The molecule has 5 nitrogen and oxygen atoms in total. The summed E-state index contributed by atoms with van der Waals surface area (Å²) in [6, 6.07) is 16.4. The summed E-state index contributed by atoms with van der Waals surface area (Å²) >= 11 is 1.70. The van der Waals surface area contributed by atoms with E-state index in [0.717, 1.165) is 40.8 Å². The van der Waals surface area contributed by atoms with Gasteiger partial charge in [-0.2, -0.15) is 5.10 Å². The molecule has 0 radical (unpaired) electrons. The van der Waals surface area contributed by atoms with Crippen LogP contribution in [0.4, 0.5) is 0 Å². The lowest BCUT2D eigenvalue weighted by atomic mass is 10.0. The topological polar surface area (TPSA) is 51.0 Å². The predicted octanol–water partition coefficient (Wildman–Crippen LogP) is 4.81. The van der Waals surface area contributed by atoms with Crippen molar-refractivity contribution in [2.24, 2.45) is 7.05 Å². The zero-order valence-corrected chi connectivity index (χ0v) is 17.3.